The lowest BCUT2D eigenvalue weighted by molar-refractivity contribution is -0.118. The number of halogens is 2. The Kier molecular flexibility index (Phi) is 7.13. The lowest BCUT2D eigenvalue weighted by atomic mass is 10.2. The third kappa shape index (κ3) is 6.08. The lowest BCUT2D eigenvalue weighted by Gasteiger charge is -2.08. The van der Waals surface area contributed by atoms with Gasteiger partial charge in [0.1, 0.15) is 0 Å². The minimum absolute atomic E-state index is 0.00971. The Morgan fingerprint density at radius 1 is 1.04 bits per heavy atom. The van der Waals surface area contributed by atoms with Gasteiger partial charge in [-0.3, -0.25) is 4.79 Å². The maximum Gasteiger partial charge on any atom is 0.240 e. The predicted octanol–water partition coefficient (Wildman–Crippen LogP) is 2.46. The fraction of sp³-hybridized carbons (Fsp3) is 0.235. The molecule has 1 amide bonds. The molecule has 9 heteroatoms. The Morgan fingerprint density at radius 2 is 1.73 bits per heavy atom. The van der Waals surface area contributed by atoms with Crippen LogP contribution in [0.3, 0.4) is 0 Å². The van der Waals surface area contributed by atoms with Crippen molar-refractivity contribution in [3.8, 4) is 0 Å². The van der Waals surface area contributed by atoms with Crippen LogP contribution in [0, 0.1) is 18.6 Å². The van der Waals surface area contributed by atoms with E-state index in [0.29, 0.717) is 4.90 Å². The van der Waals surface area contributed by atoms with E-state index in [1.807, 2.05) is 6.92 Å². The fourth-order valence-corrected chi connectivity index (χ4v) is 3.74. The van der Waals surface area contributed by atoms with Crippen molar-refractivity contribution < 1.29 is 22.0 Å². The fourth-order valence-electron chi connectivity index (χ4n) is 1.95. The van der Waals surface area contributed by atoms with Gasteiger partial charge in [-0.15, -0.1) is 11.8 Å². The topological polar surface area (TPSA) is 75.3 Å². The van der Waals surface area contributed by atoms with Crippen LogP contribution in [-0.2, 0) is 14.8 Å². The Bertz CT molecular complexity index is 872. The van der Waals surface area contributed by atoms with E-state index in [1.165, 1.54) is 18.2 Å². The first-order chi connectivity index (χ1) is 12.3. The van der Waals surface area contributed by atoms with Crippen LogP contribution in [0.1, 0.15) is 5.56 Å². The van der Waals surface area contributed by atoms with E-state index in [-0.39, 0.29) is 29.6 Å². The number of thioether (sulfide) groups is 1. The molecule has 0 atom stereocenters. The number of nitrogens with one attached hydrogen (secondary N) is 2. The summed E-state index contributed by atoms with van der Waals surface area (Å²) in [5, 5.41) is 2.56. The highest BCUT2D eigenvalue weighted by atomic mass is 32.2. The van der Waals surface area contributed by atoms with Gasteiger partial charge in [-0.05, 0) is 37.3 Å². The molecule has 0 aliphatic carbocycles. The van der Waals surface area contributed by atoms with Crippen LogP contribution in [0.4, 0.5) is 8.78 Å². The summed E-state index contributed by atoms with van der Waals surface area (Å²) in [6.45, 7) is 2.01. The zero-order chi connectivity index (χ0) is 19.2. The van der Waals surface area contributed by atoms with Crippen molar-refractivity contribution in [3.05, 3.63) is 59.7 Å². The molecule has 140 valence electrons. The minimum Gasteiger partial charge on any atom is -0.354 e. The predicted molar refractivity (Wildman–Crippen MR) is 96.5 cm³/mol. The molecule has 26 heavy (non-hydrogen) atoms. The molecule has 0 radical (unpaired) electrons. The van der Waals surface area contributed by atoms with Gasteiger partial charge in [-0.1, -0.05) is 17.7 Å². The van der Waals surface area contributed by atoms with Crippen LogP contribution in [0.25, 0.3) is 0 Å². The molecule has 0 bridgehead atoms. The normalized spacial score (nSPS) is 11.3. The highest BCUT2D eigenvalue weighted by Gasteiger charge is 2.13. The van der Waals surface area contributed by atoms with Gasteiger partial charge in [-0.2, -0.15) is 0 Å². The molecular formula is C17H18F2N2O3S2. The number of hydrogen-bond acceptors (Lipinski definition) is 4. The average Bonchev–Trinajstić information content (AvgIpc) is 2.60. The summed E-state index contributed by atoms with van der Waals surface area (Å²) < 4.78 is 52.4. The molecule has 0 heterocycles. The van der Waals surface area contributed by atoms with Gasteiger partial charge in [-0.25, -0.2) is 21.9 Å². The van der Waals surface area contributed by atoms with Crippen LogP contribution in [0.2, 0.25) is 0 Å². The maximum absolute atomic E-state index is 13.1. The molecule has 2 N–H and O–H groups in total. The van der Waals surface area contributed by atoms with E-state index in [4.69, 9.17) is 0 Å². The quantitative estimate of drug-likeness (QED) is 0.527. The zero-order valence-electron chi connectivity index (χ0n) is 14.0. The Hall–Kier alpha value is -1.97. The third-order valence-corrected chi connectivity index (χ3v) is 5.80. The van der Waals surface area contributed by atoms with E-state index < -0.39 is 21.7 Å². The molecule has 2 aromatic rings. The van der Waals surface area contributed by atoms with Crippen LogP contribution in [0.15, 0.2) is 52.3 Å². The number of carbonyl (C=O) groups excluding carboxylic acids is 1. The summed E-state index contributed by atoms with van der Waals surface area (Å²) in [5.41, 5.74) is 0.953. The third-order valence-electron chi connectivity index (χ3n) is 3.33. The summed E-state index contributed by atoms with van der Waals surface area (Å²) in [7, 11) is -3.62. The van der Waals surface area contributed by atoms with Crippen molar-refractivity contribution in [1.82, 2.24) is 10.0 Å². The molecule has 0 unspecified atom stereocenters. The van der Waals surface area contributed by atoms with Crippen LogP contribution in [0.5, 0.6) is 0 Å². The van der Waals surface area contributed by atoms with Crippen LogP contribution in [-0.4, -0.2) is 33.2 Å². The van der Waals surface area contributed by atoms with Crippen molar-refractivity contribution in [2.24, 2.45) is 0 Å². The molecule has 2 aromatic carbocycles. The van der Waals surface area contributed by atoms with E-state index in [1.54, 1.807) is 12.1 Å². The highest BCUT2D eigenvalue weighted by Crippen LogP contribution is 2.20. The van der Waals surface area contributed by atoms with Gasteiger partial charge < -0.3 is 5.32 Å². The van der Waals surface area contributed by atoms with Gasteiger partial charge in [0.15, 0.2) is 11.6 Å². The number of sulfonamides is 1. The summed E-state index contributed by atoms with van der Waals surface area (Å²) in [6, 6.07) is 9.81. The average molecular weight is 400 g/mol. The van der Waals surface area contributed by atoms with Gasteiger partial charge in [0.05, 0.1) is 10.6 Å². The number of hydrogen-bond donors (Lipinski definition) is 2. The van der Waals surface area contributed by atoms with E-state index >= 15 is 0 Å². The molecule has 0 spiro atoms. The highest BCUT2D eigenvalue weighted by molar-refractivity contribution is 8.00. The number of benzene rings is 2. The molecule has 0 saturated carbocycles. The maximum atomic E-state index is 13.1. The number of amides is 1. The van der Waals surface area contributed by atoms with E-state index in [0.717, 1.165) is 29.5 Å². The summed E-state index contributed by atoms with van der Waals surface area (Å²) in [6.07, 6.45) is 0. The molecule has 0 saturated heterocycles. The first kappa shape index (κ1) is 20.3. The first-order valence-electron chi connectivity index (χ1n) is 7.69. The largest absolute Gasteiger partial charge is 0.354 e. The zero-order valence-corrected chi connectivity index (χ0v) is 15.6. The Labute approximate surface area is 155 Å². The Balaban J connectivity index is 1.72. The monoisotopic (exact) mass is 400 g/mol. The second-order valence-corrected chi connectivity index (χ2v) is 8.24. The van der Waals surface area contributed by atoms with Crippen molar-refractivity contribution in [2.45, 2.75) is 16.7 Å². The van der Waals surface area contributed by atoms with Crippen LogP contribution >= 0.6 is 11.8 Å². The van der Waals surface area contributed by atoms with Crippen LogP contribution < -0.4 is 10.0 Å². The van der Waals surface area contributed by atoms with Gasteiger partial charge >= 0.3 is 0 Å². The smallest absolute Gasteiger partial charge is 0.240 e. The van der Waals surface area contributed by atoms with Crippen molar-refractivity contribution in [1.29, 1.82) is 0 Å². The first-order valence-corrected chi connectivity index (χ1v) is 10.2. The molecule has 2 rings (SSSR count). The number of aryl methyl sites for hydroxylation is 1. The molecular weight excluding hydrogens is 382 g/mol. The minimum atomic E-state index is -3.62. The Morgan fingerprint density at radius 3 is 2.38 bits per heavy atom. The summed E-state index contributed by atoms with van der Waals surface area (Å²) >= 11 is 1.06. The molecule has 0 aliphatic heterocycles. The lowest BCUT2D eigenvalue weighted by Crippen LogP contribution is -2.35. The molecule has 0 aromatic heterocycles. The molecule has 0 aliphatic rings. The molecule has 5 nitrogen and oxygen atoms in total. The molecule has 0 fully saturated rings. The van der Waals surface area contributed by atoms with Crippen molar-refractivity contribution in [3.63, 3.8) is 0 Å². The second-order valence-electron chi connectivity index (χ2n) is 5.43. The number of carbonyl (C=O) groups is 1. The second kappa shape index (κ2) is 9.11. The van der Waals surface area contributed by atoms with E-state index in [2.05, 4.69) is 10.0 Å². The summed E-state index contributed by atoms with van der Waals surface area (Å²) in [5.74, 6) is -2.25. The van der Waals surface area contributed by atoms with Gasteiger partial charge in [0, 0.05) is 18.0 Å². The number of rotatable bonds is 8. The van der Waals surface area contributed by atoms with Crippen molar-refractivity contribution in [2.75, 3.05) is 18.8 Å². The standard InChI is InChI=1S/C17H18F2N2O3S2/c1-12-2-5-14(6-3-12)26(23,24)21-9-8-20-17(22)11-25-13-4-7-15(18)16(19)10-13/h2-7,10,21H,8-9,11H2,1H3,(H,20,22). The van der Waals surface area contributed by atoms with Crippen molar-refractivity contribution >= 4 is 27.7 Å². The van der Waals surface area contributed by atoms with Gasteiger partial charge in [0.25, 0.3) is 0 Å². The van der Waals surface area contributed by atoms with E-state index in [9.17, 15) is 22.0 Å². The SMILES string of the molecule is Cc1ccc(S(=O)(=O)NCCNC(=O)CSc2ccc(F)c(F)c2)cc1. The van der Waals surface area contributed by atoms with Gasteiger partial charge in [0.2, 0.25) is 15.9 Å². The summed E-state index contributed by atoms with van der Waals surface area (Å²) in [4.78, 5) is 12.3.